The summed E-state index contributed by atoms with van der Waals surface area (Å²) in [5, 5.41) is 0. The normalized spacial score (nSPS) is 14.4. The number of hydrogen-bond acceptors (Lipinski definition) is 4. The molecule has 0 saturated heterocycles. The Balaban J connectivity index is 2.23. The lowest BCUT2D eigenvalue weighted by molar-refractivity contribution is 0.203. The van der Waals surface area contributed by atoms with E-state index in [1.807, 2.05) is 5.51 Å². The lowest BCUT2D eigenvalue weighted by Gasteiger charge is -2.32. The topological polar surface area (TPSA) is 42.1 Å². The molecule has 1 aromatic carbocycles. The number of nitrogens with zero attached hydrogens (tertiary/aromatic N) is 2. The molecule has 0 bridgehead atoms. The average molecular weight is 303 g/mol. The van der Waals surface area contributed by atoms with Crippen LogP contribution in [0, 0.1) is 13.8 Å². The Bertz CT molecular complexity index is 562. The molecule has 3 nitrogen and oxygen atoms in total. The highest BCUT2D eigenvalue weighted by molar-refractivity contribution is 7.09. The molecule has 2 unspecified atom stereocenters. The smallest absolute Gasteiger partial charge is 0.0798 e. The summed E-state index contributed by atoms with van der Waals surface area (Å²) in [5.74, 6) is 0. The van der Waals surface area contributed by atoms with Gasteiger partial charge in [0, 0.05) is 23.5 Å². The monoisotopic (exact) mass is 303 g/mol. The number of nitrogens with two attached hydrogens (primary N) is 1. The van der Waals surface area contributed by atoms with Crippen molar-refractivity contribution in [2.24, 2.45) is 5.73 Å². The molecule has 0 aliphatic heterocycles. The van der Waals surface area contributed by atoms with Crippen LogP contribution < -0.4 is 5.73 Å². The highest BCUT2D eigenvalue weighted by Crippen LogP contribution is 2.27. The van der Waals surface area contributed by atoms with Crippen LogP contribution in [0.25, 0.3) is 0 Å². The molecule has 0 saturated carbocycles. The van der Waals surface area contributed by atoms with Crippen molar-refractivity contribution in [1.82, 2.24) is 9.88 Å². The zero-order valence-electron chi connectivity index (χ0n) is 13.3. The number of thiazole rings is 1. The van der Waals surface area contributed by atoms with E-state index < -0.39 is 0 Å². The minimum absolute atomic E-state index is 0.130. The molecule has 0 radical (unpaired) electrons. The Morgan fingerprint density at radius 1 is 1.24 bits per heavy atom. The van der Waals surface area contributed by atoms with Gasteiger partial charge in [-0.25, -0.2) is 4.98 Å². The van der Waals surface area contributed by atoms with Gasteiger partial charge in [0.2, 0.25) is 0 Å². The second-order valence-electron chi connectivity index (χ2n) is 5.70. The summed E-state index contributed by atoms with van der Waals surface area (Å²) in [5.41, 5.74) is 12.0. The first-order valence-corrected chi connectivity index (χ1v) is 8.32. The van der Waals surface area contributed by atoms with Crippen LogP contribution in [0.2, 0.25) is 0 Å². The van der Waals surface area contributed by atoms with E-state index >= 15 is 0 Å². The number of aryl methyl sites for hydroxylation is 2. The Kier molecular flexibility index (Phi) is 5.51. The summed E-state index contributed by atoms with van der Waals surface area (Å²) in [6.07, 6.45) is 0.963. The largest absolute Gasteiger partial charge is 0.326 e. The molecule has 0 amide bonds. The Morgan fingerprint density at radius 3 is 2.43 bits per heavy atom. The van der Waals surface area contributed by atoms with Crippen molar-refractivity contribution in [3.63, 3.8) is 0 Å². The van der Waals surface area contributed by atoms with Crippen LogP contribution in [-0.2, 0) is 6.54 Å². The standard InChI is InChI=1S/C17H25N3S/c1-5-15(18)17(14-8-6-12(2)7-9-14)20(4)10-16-13(3)19-11-21-16/h6-9,11,15,17H,5,10,18H2,1-4H3. The maximum Gasteiger partial charge on any atom is 0.0798 e. The van der Waals surface area contributed by atoms with Gasteiger partial charge in [-0.3, -0.25) is 4.90 Å². The molecule has 2 atom stereocenters. The van der Waals surface area contributed by atoms with Crippen molar-refractivity contribution >= 4 is 11.3 Å². The fraction of sp³-hybridized carbons (Fsp3) is 0.471. The molecule has 0 spiro atoms. The zero-order chi connectivity index (χ0) is 15.4. The van der Waals surface area contributed by atoms with E-state index in [-0.39, 0.29) is 12.1 Å². The lowest BCUT2D eigenvalue weighted by Crippen LogP contribution is -2.38. The average Bonchev–Trinajstić information content (AvgIpc) is 2.86. The predicted molar refractivity (Wildman–Crippen MR) is 90.5 cm³/mol. The van der Waals surface area contributed by atoms with Gasteiger partial charge < -0.3 is 5.73 Å². The predicted octanol–water partition coefficient (Wildman–Crippen LogP) is 3.67. The molecule has 21 heavy (non-hydrogen) atoms. The minimum atomic E-state index is 0.130. The van der Waals surface area contributed by atoms with E-state index in [0.717, 1.165) is 18.7 Å². The minimum Gasteiger partial charge on any atom is -0.326 e. The van der Waals surface area contributed by atoms with E-state index in [4.69, 9.17) is 5.73 Å². The van der Waals surface area contributed by atoms with Gasteiger partial charge in [0.1, 0.15) is 0 Å². The van der Waals surface area contributed by atoms with Crippen molar-refractivity contribution in [3.05, 3.63) is 51.5 Å². The van der Waals surface area contributed by atoms with Gasteiger partial charge >= 0.3 is 0 Å². The maximum absolute atomic E-state index is 6.40. The fourth-order valence-corrected chi connectivity index (χ4v) is 3.46. The van der Waals surface area contributed by atoms with Gasteiger partial charge in [-0.05, 0) is 32.9 Å². The molecule has 2 N–H and O–H groups in total. The molecule has 0 aliphatic rings. The van der Waals surface area contributed by atoms with Crippen LogP contribution in [0.5, 0.6) is 0 Å². The number of benzene rings is 1. The zero-order valence-corrected chi connectivity index (χ0v) is 14.2. The van der Waals surface area contributed by atoms with Crippen molar-refractivity contribution in [3.8, 4) is 0 Å². The lowest BCUT2D eigenvalue weighted by atomic mass is 9.96. The molecular formula is C17H25N3S. The second kappa shape index (κ2) is 7.16. The van der Waals surface area contributed by atoms with Gasteiger partial charge in [0.15, 0.2) is 0 Å². The van der Waals surface area contributed by atoms with Crippen molar-refractivity contribution in [2.45, 2.75) is 45.8 Å². The number of aromatic nitrogens is 1. The number of likely N-dealkylation sites (N-methyl/N-ethyl adjacent to an activating group) is 1. The van der Waals surface area contributed by atoms with Gasteiger partial charge in [-0.1, -0.05) is 36.8 Å². The number of rotatable bonds is 6. The molecule has 2 rings (SSSR count). The van der Waals surface area contributed by atoms with E-state index in [1.165, 1.54) is 16.0 Å². The first-order chi connectivity index (χ1) is 10.0. The van der Waals surface area contributed by atoms with E-state index in [0.29, 0.717) is 0 Å². The SMILES string of the molecule is CCC(N)C(c1ccc(C)cc1)N(C)Cc1scnc1C. The van der Waals surface area contributed by atoms with E-state index in [1.54, 1.807) is 11.3 Å². The highest BCUT2D eigenvalue weighted by Gasteiger charge is 2.23. The third-order valence-electron chi connectivity index (χ3n) is 4.01. The molecule has 4 heteroatoms. The van der Waals surface area contributed by atoms with Crippen LogP contribution >= 0.6 is 11.3 Å². The van der Waals surface area contributed by atoms with Gasteiger partial charge in [0.25, 0.3) is 0 Å². The molecule has 1 heterocycles. The fourth-order valence-electron chi connectivity index (χ4n) is 2.62. The van der Waals surface area contributed by atoms with Crippen LogP contribution in [0.1, 0.15) is 41.1 Å². The maximum atomic E-state index is 6.40. The van der Waals surface area contributed by atoms with Crippen molar-refractivity contribution in [2.75, 3.05) is 7.05 Å². The third kappa shape index (κ3) is 3.90. The molecule has 0 aliphatic carbocycles. The van der Waals surface area contributed by atoms with Gasteiger partial charge in [-0.15, -0.1) is 11.3 Å². The summed E-state index contributed by atoms with van der Waals surface area (Å²) in [4.78, 5) is 8.00. The quantitative estimate of drug-likeness (QED) is 0.885. The highest BCUT2D eigenvalue weighted by atomic mass is 32.1. The summed E-state index contributed by atoms with van der Waals surface area (Å²) in [6.45, 7) is 7.23. The molecule has 114 valence electrons. The summed E-state index contributed by atoms with van der Waals surface area (Å²) in [7, 11) is 2.15. The third-order valence-corrected chi connectivity index (χ3v) is 4.93. The summed E-state index contributed by atoms with van der Waals surface area (Å²) >= 11 is 1.72. The van der Waals surface area contributed by atoms with Crippen molar-refractivity contribution < 1.29 is 0 Å². The van der Waals surface area contributed by atoms with Crippen LogP contribution in [0.3, 0.4) is 0 Å². The molecule has 2 aromatic rings. The Morgan fingerprint density at radius 2 is 1.90 bits per heavy atom. The molecule has 1 aromatic heterocycles. The summed E-state index contributed by atoms with van der Waals surface area (Å²) in [6, 6.07) is 9.09. The van der Waals surface area contributed by atoms with Gasteiger partial charge in [0.05, 0.1) is 11.2 Å². The Labute approximate surface area is 131 Å². The van der Waals surface area contributed by atoms with Crippen molar-refractivity contribution in [1.29, 1.82) is 0 Å². The van der Waals surface area contributed by atoms with Crippen LogP contribution in [0.4, 0.5) is 0 Å². The molecule has 0 fully saturated rings. The van der Waals surface area contributed by atoms with E-state index in [2.05, 4.69) is 62.0 Å². The van der Waals surface area contributed by atoms with Gasteiger partial charge in [-0.2, -0.15) is 0 Å². The van der Waals surface area contributed by atoms with E-state index in [9.17, 15) is 0 Å². The van der Waals surface area contributed by atoms with Crippen LogP contribution in [-0.4, -0.2) is 23.0 Å². The first kappa shape index (κ1) is 16.1. The summed E-state index contributed by atoms with van der Waals surface area (Å²) < 4.78 is 0. The first-order valence-electron chi connectivity index (χ1n) is 7.44. The Hall–Kier alpha value is -1.23. The second-order valence-corrected chi connectivity index (χ2v) is 6.64. The van der Waals surface area contributed by atoms with Crippen LogP contribution in [0.15, 0.2) is 29.8 Å². The molecular weight excluding hydrogens is 278 g/mol. The number of hydrogen-bond donors (Lipinski definition) is 1.